The second-order valence-corrected chi connectivity index (χ2v) is 9.13. The fraction of sp³-hybridized carbons (Fsp3) is 0.0588. The Morgan fingerprint density at radius 1 is 1.14 bits per heavy atom. The van der Waals surface area contributed by atoms with Crippen LogP contribution in [0.3, 0.4) is 0 Å². The molecule has 29 heavy (non-hydrogen) atoms. The average molecular weight is 475 g/mol. The van der Waals surface area contributed by atoms with Gasteiger partial charge >= 0.3 is 5.97 Å². The first-order chi connectivity index (χ1) is 13.6. The normalized spacial score (nSPS) is 11.4. The summed E-state index contributed by atoms with van der Waals surface area (Å²) in [5, 5.41) is 10.2. The molecule has 8 nitrogen and oxygen atoms in total. The van der Waals surface area contributed by atoms with Crippen LogP contribution in [0.5, 0.6) is 5.75 Å². The molecule has 1 aromatic heterocycles. The first-order valence-electron chi connectivity index (χ1n) is 7.75. The van der Waals surface area contributed by atoms with Crippen molar-refractivity contribution >= 4 is 66.5 Å². The van der Waals surface area contributed by atoms with Crippen molar-refractivity contribution in [2.45, 2.75) is 4.90 Å². The summed E-state index contributed by atoms with van der Waals surface area (Å²) in [6, 6.07) is 8.25. The highest BCUT2D eigenvalue weighted by Crippen LogP contribution is 2.36. The lowest BCUT2D eigenvalue weighted by atomic mass is 10.2. The Balaban J connectivity index is 1.87. The predicted molar refractivity (Wildman–Crippen MR) is 110 cm³/mol. The zero-order chi connectivity index (χ0) is 21.3. The zero-order valence-corrected chi connectivity index (χ0v) is 17.7. The number of aromatic carboxylic acids is 1. The van der Waals surface area contributed by atoms with Gasteiger partial charge in [-0.25, -0.2) is 13.2 Å². The van der Waals surface area contributed by atoms with Gasteiger partial charge in [0.05, 0.1) is 17.7 Å². The topological polar surface area (TPSA) is 122 Å². The Hall–Kier alpha value is -2.37. The maximum atomic E-state index is 12.6. The maximum Gasteiger partial charge on any atom is 0.335 e. The van der Waals surface area contributed by atoms with E-state index in [1.807, 2.05) is 4.83 Å². The Kier molecular flexibility index (Phi) is 6.01. The largest absolute Gasteiger partial charge is 0.495 e. The van der Waals surface area contributed by atoms with Gasteiger partial charge in [-0.2, -0.15) is 0 Å². The number of hydrazine groups is 1. The molecule has 0 fully saturated rings. The molecule has 1 heterocycles. The van der Waals surface area contributed by atoms with Crippen LogP contribution in [0.1, 0.15) is 20.0 Å². The van der Waals surface area contributed by atoms with Crippen LogP contribution in [0.25, 0.3) is 10.1 Å². The molecule has 0 bridgehead atoms. The average Bonchev–Trinajstić information content (AvgIpc) is 3.01. The van der Waals surface area contributed by atoms with E-state index in [2.05, 4.69) is 5.43 Å². The quantitative estimate of drug-likeness (QED) is 0.469. The molecule has 0 saturated heterocycles. The van der Waals surface area contributed by atoms with Gasteiger partial charge in [0.2, 0.25) is 0 Å². The molecular weight excluding hydrogens is 463 g/mol. The van der Waals surface area contributed by atoms with Gasteiger partial charge in [-0.1, -0.05) is 23.2 Å². The number of thiophene rings is 1. The number of sulfonamides is 1. The number of carboxylic acid groups (broad SMARTS) is 1. The van der Waals surface area contributed by atoms with Crippen LogP contribution in [0.4, 0.5) is 0 Å². The van der Waals surface area contributed by atoms with Gasteiger partial charge in [0.15, 0.2) is 0 Å². The number of benzene rings is 2. The third-order valence-electron chi connectivity index (χ3n) is 3.79. The highest BCUT2D eigenvalue weighted by molar-refractivity contribution is 7.89. The molecule has 0 saturated carbocycles. The molecule has 0 unspecified atom stereocenters. The first kappa shape index (κ1) is 21.3. The summed E-state index contributed by atoms with van der Waals surface area (Å²) in [4.78, 5) is 25.1. The Morgan fingerprint density at radius 3 is 2.52 bits per heavy atom. The minimum absolute atomic E-state index is 0.0814. The molecule has 152 valence electrons. The molecule has 0 spiro atoms. The van der Waals surface area contributed by atoms with Crippen molar-refractivity contribution in [1.82, 2.24) is 10.3 Å². The number of carbonyl (C=O) groups is 2. The van der Waals surface area contributed by atoms with Crippen molar-refractivity contribution in [3.63, 3.8) is 0 Å². The van der Waals surface area contributed by atoms with Gasteiger partial charge in [-0.3, -0.25) is 10.2 Å². The molecule has 3 N–H and O–H groups in total. The Morgan fingerprint density at radius 2 is 1.86 bits per heavy atom. The highest BCUT2D eigenvalue weighted by Gasteiger charge is 2.24. The van der Waals surface area contributed by atoms with Crippen LogP contribution in [-0.4, -0.2) is 32.5 Å². The lowest BCUT2D eigenvalue weighted by Crippen LogP contribution is -2.41. The number of carbonyl (C=O) groups excluding carboxylic acids is 1. The number of nitrogens with one attached hydrogen (secondary N) is 2. The van der Waals surface area contributed by atoms with E-state index in [0.29, 0.717) is 15.1 Å². The van der Waals surface area contributed by atoms with Gasteiger partial charge in [-0.15, -0.1) is 16.2 Å². The number of hydrogen-bond acceptors (Lipinski definition) is 6. The van der Waals surface area contributed by atoms with Crippen LogP contribution < -0.4 is 15.0 Å². The summed E-state index contributed by atoms with van der Waals surface area (Å²) in [5.41, 5.74) is 1.81. The number of halogens is 2. The monoisotopic (exact) mass is 474 g/mol. The highest BCUT2D eigenvalue weighted by atomic mass is 35.5. The van der Waals surface area contributed by atoms with E-state index in [1.165, 1.54) is 19.2 Å². The second kappa shape index (κ2) is 8.17. The summed E-state index contributed by atoms with van der Waals surface area (Å²) in [6.45, 7) is 0. The van der Waals surface area contributed by atoms with E-state index in [9.17, 15) is 18.0 Å². The molecular formula is C17H12Cl2N2O6S2. The van der Waals surface area contributed by atoms with E-state index in [-0.39, 0.29) is 21.2 Å². The van der Waals surface area contributed by atoms with E-state index in [1.54, 1.807) is 18.2 Å². The third kappa shape index (κ3) is 4.31. The molecule has 3 aromatic rings. The van der Waals surface area contributed by atoms with E-state index in [0.717, 1.165) is 17.4 Å². The standard InChI is InChI=1S/C17H12Cl2N2O6S2/c1-27-11-4-2-8(17(23)24)6-13(11)29(25,26)21-20-16(22)15-14(19)10-7-9(18)3-5-12(10)28-15/h2-7,21H,1H3,(H,20,22)(H,23,24). The maximum absolute atomic E-state index is 12.6. The van der Waals surface area contributed by atoms with Crippen molar-refractivity contribution in [2.75, 3.05) is 7.11 Å². The number of rotatable bonds is 6. The minimum Gasteiger partial charge on any atom is -0.495 e. The number of fused-ring (bicyclic) bond motifs is 1. The molecule has 0 aliphatic rings. The van der Waals surface area contributed by atoms with Crippen LogP contribution in [0.2, 0.25) is 10.0 Å². The van der Waals surface area contributed by atoms with Crippen LogP contribution >= 0.6 is 34.5 Å². The lowest BCUT2D eigenvalue weighted by Gasteiger charge is -2.12. The third-order valence-corrected chi connectivity index (χ3v) is 6.97. The van der Waals surface area contributed by atoms with E-state index >= 15 is 0 Å². The van der Waals surface area contributed by atoms with Crippen LogP contribution in [0.15, 0.2) is 41.3 Å². The molecule has 12 heteroatoms. The van der Waals surface area contributed by atoms with E-state index in [4.69, 9.17) is 33.0 Å². The van der Waals surface area contributed by atoms with Crippen molar-refractivity contribution in [2.24, 2.45) is 0 Å². The van der Waals surface area contributed by atoms with Gasteiger partial charge in [0.25, 0.3) is 15.9 Å². The second-order valence-electron chi connectivity index (χ2n) is 5.62. The van der Waals surface area contributed by atoms with Gasteiger partial charge in [0.1, 0.15) is 15.5 Å². The van der Waals surface area contributed by atoms with Crippen molar-refractivity contribution in [1.29, 1.82) is 0 Å². The van der Waals surface area contributed by atoms with Gasteiger partial charge in [0, 0.05) is 15.1 Å². The Bertz CT molecular complexity index is 1240. The summed E-state index contributed by atoms with van der Waals surface area (Å²) in [6.07, 6.45) is 0. The number of ether oxygens (including phenoxy) is 1. The van der Waals surface area contributed by atoms with Crippen molar-refractivity contribution in [3.05, 3.63) is 56.9 Å². The fourth-order valence-electron chi connectivity index (χ4n) is 2.43. The van der Waals surface area contributed by atoms with Crippen molar-refractivity contribution in [3.8, 4) is 5.75 Å². The molecule has 3 rings (SSSR count). The van der Waals surface area contributed by atoms with Crippen LogP contribution in [0, 0.1) is 0 Å². The fourth-order valence-corrected chi connectivity index (χ4v) is 5.02. The SMILES string of the molecule is COc1ccc(C(=O)O)cc1S(=O)(=O)NNC(=O)c1sc2ccc(Cl)cc2c1Cl. The number of carboxylic acids is 1. The minimum atomic E-state index is -4.34. The molecule has 2 aromatic carbocycles. The molecule has 1 amide bonds. The molecule has 0 radical (unpaired) electrons. The van der Waals surface area contributed by atoms with Gasteiger partial charge < -0.3 is 9.84 Å². The summed E-state index contributed by atoms with van der Waals surface area (Å²) >= 11 is 13.2. The summed E-state index contributed by atoms with van der Waals surface area (Å²) in [5.74, 6) is -2.20. The first-order valence-corrected chi connectivity index (χ1v) is 10.8. The molecule has 0 aliphatic heterocycles. The molecule has 0 aliphatic carbocycles. The van der Waals surface area contributed by atoms with Gasteiger partial charge in [-0.05, 0) is 36.4 Å². The number of hydrogen-bond donors (Lipinski definition) is 3. The predicted octanol–water partition coefficient (Wildman–Crippen LogP) is 3.54. The zero-order valence-electron chi connectivity index (χ0n) is 14.5. The molecule has 0 atom stereocenters. The van der Waals surface area contributed by atoms with Crippen LogP contribution in [-0.2, 0) is 10.0 Å². The Labute approximate surface area is 179 Å². The lowest BCUT2D eigenvalue weighted by molar-refractivity contribution is 0.0696. The van der Waals surface area contributed by atoms with Crippen molar-refractivity contribution < 1.29 is 27.9 Å². The number of methoxy groups -OCH3 is 1. The summed E-state index contributed by atoms with van der Waals surface area (Å²) in [7, 11) is -3.11. The smallest absolute Gasteiger partial charge is 0.335 e. The summed E-state index contributed by atoms with van der Waals surface area (Å²) < 4.78 is 30.8. The van der Waals surface area contributed by atoms with E-state index < -0.39 is 26.8 Å². The number of amides is 1.